The minimum atomic E-state index is -0.349. The Balaban J connectivity index is 2.83. The van der Waals surface area contributed by atoms with Gasteiger partial charge in [0, 0.05) is 17.1 Å². The molecule has 2 aromatic rings. The summed E-state index contributed by atoms with van der Waals surface area (Å²) >= 11 is 0. The highest BCUT2D eigenvalue weighted by molar-refractivity contribution is 5.91. The molecular formula is C11H12N2O2. The molecule has 1 aromatic carbocycles. The lowest BCUT2D eigenvalue weighted by Crippen LogP contribution is -1.88. The van der Waals surface area contributed by atoms with Gasteiger partial charge in [0.05, 0.1) is 4.92 Å². The molecule has 0 saturated carbocycles. The van der Waals surface area contributed by atoms with E-state index in [1.165, 1.54) is 6.07 Å². The number of aryl methyl sites for hydroxylation is 2. The fourth-order valence-electron chi connectivity index (χ4n) is 2.00. The number of nitro benzene ring substituents is 1. The molecule has 4 nitrogen and oxygen atoms in total. The van der Waals surface area contributed by atoms with E-state index in [1.54, 1.807) is 6.07 Å². The highest BCUT2D eigenvalue weighted by atomic mass is 16.6. The second-order valence-corrected chi connectivity index (χ2v) is 3.54. The molecule has 0 aliphatic heterocycles. The van der Waals surface area contributed by atoms with Gasteiger partial charge in [-0.25, -0.2) is 0 Å². The molecule has 0 unspecified atom stereocenters. The lowest BCUT2D eigenvalue weighted by Gasteiger charge is -1.95. The van der Waals surface area contributed by atoms with Gasteiger partial charge in [-0.3, -0.25) is 10.1 Å². The number of nitro groups is 1. The maximum absolute atomic E-state index is 10.8. The fraction of sp³-hybridized carbons (Fsp3) is 0.273. The minimum absolute atomic E-state index is 0.148. The molecule has 0 radical (unpaired) electrons. The summed E-state index contributed by atoms with van der Waals surface area (Å²) in [7, 11) is 0. The molecule has 0 atom stereocenters. The molecule has 1 N–H and O–H groups in total. The Morgan fingerprint density at radius 3 is 2.80 bits per heavy atom. The largest absolute Gasteiger partial charge is 0.353 e. The number of nitrogens with one attached hydrogen (secondary N) is 1. The molecular weight excluding hydrogens is 192 g/mol. The van der Waals surface area contributed by atoms with Crippen LogP contribution in [0, 0.1) is 17.0 Å². The molecule has 0 aliphatic carbocycles. The number of rotatable bonds is 2. The van der Waals surface area contributed by atoms with E-state index in [2.05, 4.69) is 11.9 Å². The minimum Gasteiger partial charge on any atom is -0.353 e. The first-order valence-electron chi connectivity index (χ1n) is 4.89. The normalized spacial score (nSPS) is 10.8. The molecule has 1 aromatic heterocycles. The molecule has 0 bridgehead atoms. The summed E-state index contributed by atoms with van der Waals surface area (Å²) in [6.45, 7) is 4.00. The van der Waals surface area contributed by atoms with Gasteiger partial charge in [0.25, 0.3) is 5.69 Å². The first kappa shape index (κ1) is 9.71. The summed E-state index contributed by atoms with van der Waals surface area (Å²) in [6, 6.07) is 5.18. The molecule has 4 heteroatoms. The van der Waals surface area contributed by atoms with Gasteiger partial charge in [-0.05, 0) is 18.9 Å². The molecule has 2 rings (SSSR count). The molecule has 15 heavy (non-hydrogen) atoms. The predicted octanol–water partition coefficient (Wildman–Crippen LogP) is 2.95. The van der Waals surface area contributed by atoms with Gasteiger partial charge in [0.1, 0.15) is 5.52 Å². The Bertz CT molecular complexity index is 529. The predicted molar refractivity (Wildman–Crippen MR) is 59.1 cm³/mol. The third-order valence-electron chi connectivity index (χ3n) is 2.68. The van der Waals surface area contributed by atoms with Gasteiger partial charge in [-0.15, -0.1) is 0 Å². The fourth-order valence-corrected chi connectivity index (χ4v) is 2.00. The Morgan fingerprint density at radius 1 is 1.47 bits per heavy atom. The number of fused-ring (bicyclic) bond motifs is 1. The molecule has 78 valence electrons. The van der Waals surface area contributed by atoms with Gasteiger partial charge in [-0.2, -0.15) is 0 Å². The number of H-pyrrole nitrogens is 1. The summed E-state index contributed by atoms with van der Waals surface area (Å²) in [5.41, 5.74) is 2.96. The lowest BCUT2D eigenvalue weighted by atomic mass is 10.1. The average Bonchev–Trinajstić information content (AvgIpc) is 2.52. The van der Waals surface area contributed by atoms with Crippen molar-refractivity contribution in [3.8, 4) is 0 Å². The standard InChI is InChI=1S/C11H12N2O2/c1-3-8-7(2)12-11-9(8)5-4-6-10(11)13(14)15/h4-6,12H,3H2,1-2H3. The summed E-state index contributed by atoms with van der Waals surface area (Å²) in [5.74, 6) is 0. The maximum atomic E-state index is 10.8. The Labute approximate surface area is 87.1 Å². The van der Waals surface area contributed by atoms with Crippen LogP contribution in [0.2, 0.25) is 0 Å². The van der Waals surface area contributed by atoms with Crippen LogP contribution in [0.4, 0.5) is 5.69 Å². The SMILES string of the molecule is CCc1c(C)[nH]c2c([N+](=O)[O-])cccc12. The van der Waals surface area contributed by atoms with Gasteiger partial charge >= 0.3 is 0 Å². The number of aromatic amines is 1. The molecule has 0 amide bonds. The van der Waals surface area contributed by atoms with Crippen molar-refractivity contribution in [1.82, 2.24) is 4.98 Å². The molecule has 0 spiro atoms. The zero-order valence-corrected chi connectivity index (χ0v) is 8.70. The van der Waals surface area contributed by atoms with Crippen molar-refractivity contribution in [2.24, 2.45) is 0 Å². The van der Waals surface area contributed by atoms with E-state index in [1.807, 2.05) is 13.0 Å². The molecule has 1 heterocycles. The van der Waals surface area contributed by atoms with Crippen LogP contribution in [0.15, 0.2) is 18.2 Å². The van der Waals surface area contributed by atoms with Crippen LogP contribution in [0.25, 0.3) is 10.9 Å². The highest BCUT2D eigenvalue weighted by Crippen LogP contribution is 2.29. The van der Waals surface area contributed by atoms with E-state index in [0.717, 1.165) is 23.1 Å². The Kier molecular flexibility index (Phi) is 2.19. The van der Waals surface area contributed by atoms with Crippen LogP contribution < -0.4 is 0 Å². The van der Waals surface area contributed by atoms with E-state index in [-0.39, 0.29) is 10.6 Å². The van der Waals surface area contributed by atoms with E-state index < -0.39 is 0 Å². The average molecular weight is 204 g/mol. The topological polar surface area (TPSA) is 58.9 Å². The van der Waals surface area contributed by atoms with Crippen molar-refractivity contribution in [1.29, 1.82) is 0 Å². The van der Waals surface area contributed by atoms with Gasteiger partial charge in [0.2, 0.25) is 0 Å². The Hall–Kier alpha value is -1.84. The van der Waals surface area contributed by atoms with Crippen molar-refractivity contribution < 1.29 is 4.92 Å². The number of para-hydroxylation sites is 1. The van der Waals surface area contributed by atoms with Crippen molar-refractivity contribution in [2.45, 2.75) is 20.3 Å². The van der Waals surface area contributed by atoms with Crippen LogP contribution >= 0.6 is 0 Å². The number of aromatic nitrogens is 1. The second-order valence-electron chi connectivity index (χ2n) is 3.54. The van der Waals surface area contributed by atoms with E-state index in [9.17, 15) is 10.1 Å². The molecule has 0 fully saturated rings. The van der Waals surface area contributed by atoms with Crippen molar-refractivity contribution in [2.75, 3.05) is 0 Å². The number of benzene rings is 1. The first-order chi connectivity index (χ1) is 7.15. The first-order valence-corrected chi connectivity index (χ1v) is 4.89. The lowest BCUT2D eigenvalue weighted by molar-refractivity contribution is -0.383. The smallest absolute Gasteiger partial charge is 0.293 e. The quantitative estimate of drug-likeness (QED) is 0.604. The monoisotopic (exact) mass is 204 g/mol. The van der Waals surface area contributed by atoms with Crippen LogP contribution in [0.5, 0.6) is 0 Å². The highest BCUT2D eigenvalue weighted by Gasteiger charge is 2.16. The van der Waals surface area contributed by atoms with E-state index >= 15 is 0 Å². The van der Waals surface area contributed by atoms with E-state index in [0.29, 0.717) is 5.52 Å². The third kappa shape index (κ3) is 1.38. The van der Waals surface area contributed by atoms with Crippen molar-refractivity contribution >= 4 is 16.6 Å². The van der Waals surface area contributed by atoms with Crippen LogP contribution in [-0.4, -0.2) is 9.91 Å². The van der Waals surface area contributed by atoms with Crippen molar-refractivity contribution in [3.63, 3.8) is 0 Å². The summed E-state index contributed by atoms with van der Waals surface area (Å²) in [4.78, 5) is 13.5. The zero-order valence-electron chi connectivity index (χ0n) is 8.70. The third-order valence-corrected chi connectivity index (χ3v) is 2.68. The van der Waals surface area contributed by atoms with Gasteiger partial charge in [-0.1, -0.05) is 19.1 Å². The summed E-state index contributed by atoms with van der Waals surface area (Å²) in [5, 5.41) is 11.8. The summed E-state index contributed by atoms with van der Waals surface area (Å²) in [6.07, 6.45) is 0.882. The van der Waals surface area contributed by atoms with Crippen LogP contribution in [0.3, 0.4) is 0 Å². The Morgan fingerprint density at radius 2 is 2.20 bits per heavy atom. The number of non-ortho nitro benzene ring substituents is 1. The number of nitrogens with zero attached hydrogens (tertiary/aromatic N) is 1. The van der Waals surface area contributed by atoms with Gasteiger partial charge < -0.3 is 4.98 Å². The number of hydrogen-bond acceptors (Lipinski definition) is 2. The summed E-state index contributed by atoms with van der Waals surface area (Å²) < 4.78 is 0. The van der Waals surface area contributed by atoms with Crippen molar-refractivity contribution in [3.05, 3.63) is 39.6 Å². The van der Waals surface area contributed by atoms with Crippen LogP contribution in [-0.2, 0) is 6.42 Å². The van der Waals surface area contributed by atoms with E-state index in [4.69, 9.17) is 0 Å². The molecule has 0 aliphatic rings. The van der Waals surface area contributed by atoms with Crippen LogP contribution in [0.1, 0.15) is 18.2 Å². The molecule has 0 saturated heterocycles. The maximum Gasteiger partial charge on any atom is 0.293 e. The second kappa shape index (κ2) is 3.38. The zero-order chi connectivity index (χ0) is 11.0. The number of hydrogen-bond donors (Lipinski definition) is 1. The van der Waals surface area contributed by atoms with Gasteiger partial charge in [0.15, 0.2) is 0 Å².